The summed E-state index contributed by atoms with van der Waals surface area (Å²) in [6.45, 7) is 7.23. The topological polar surface area (TPSA) is 80.7 Å². The summed E-state index contributed by atoms with van der Waals surface area (Å²) in [5.41, 5.74) is 4.56. The Bertz CT molecular complexity index is 1260. The SMILES string of the molecule is C#C[C@@](C)(c1ccc(O)cc1)c1csc(NC(=O)N2CCc3cc(N4CCNCC4)ccc3C2)n1. The Kier molecular flexibility index (Phi) is 6.37. The number of nitrogens with one attached hydrogen (secondary N) is 2. The number of hydrogen-bond donors (Lipinski definition) is 3. The van der Waals surface area contributed by atoms with Crippen LogP contribution in [0.5, 0.6) is 5.75 Å². The van der Waals surface area contributed by atoms with E-state index in [9.17, 15) is 9.90 Å². The molecule has 3 N–H and O–H groups in total. The zero-order chi connectivity index (χ0) is 24.4. The van der Waals surface area contributed by atoms with Crippen molar-refractivity contribution < 1.29 is 9.90 Å². The highest BCUT2D eigenvalue weighted by molar-refractivity contribution is 7.14. The lowest BCUT2D eigenvalue weighted by Crippen LogP contribution is -2.43. The number of carbonyl (C=O) groups excluding carboxylic acids is 1. The molecule has 3 heterocycles. The van der Waals surface area contributed by atoms with Gasteiger partial charge in [-0.05, 0) is 54.3 Å². The number of urea groups is 1. The van der Waals surface area contributed by atoms with Gasteiger partial charge in [-0.3, -0.25) is 5.32 Å². The summed E-state index contributed by atoms with van der Waals surface area (Å²) >= 11 is 1.36. The summed E-state index contributed by atoms with van der Waals surface area (Å²) in [6, 6.07) is 13.3. The summed E-state index contributed by atoms with van der Waals surface area (Å²) in [6.07, 6.45) is 6.73. The second-order valence-electron chi connectivity index (χ2n) is 9.15. The van der Waals surface area contributed by atoms with Crippen LogP contribution >= 0.6 is 11.3 Å². The van der Waals surface area contributed by atoms with Crippen LogP contribution in [0.25, 0.3) is 0 Å². The number of carbonyl (C=O) groups is 1. The van der Waals surface area contributed by atoms with Crippen LogP contribution in [0.3, 0.4) is 0 Å². The molecule has 180 valence electrons. The standard InChI is InChI=1S/C27H29N5O2S/c1-3-27(2,21-5-8-23(33)9-6-21)24-18-35-25(29-24)30-26(34)32-13-10-19-16-22(7-4-20(19)17-32)31-14-11-28-12-15-31/h1,4-9,16,18,28,33H,10-15,17H2,2H3,(H,29,30,34)/t27-/m0/s1. The third-order valence-electron chi connectivity index (χ3n) is 6.94. The molecule has 5 rings (SSSR count). The molecule has 0 saturated carbocycles. The Balaban J connectivity index is 1.26. The van der Waals surface area contributed by atoms with Crippen molar-refractivity contribution in [2.24, 2.45) is 0 Å². The molecule has 0 bridgehead atoms. The Labute approximate surface area is 209 Å². The monoisotopic (exact) mass is 487 g/mol. The summed E-state index contributed by atoms with van der Waals surface area (Å²) in [4.78, 5) is 21.9. The van der Waals surface area contributed by atoms with E-state index in [4.69, 9.17) is 6.42 Å². The van der Waals surface area contributed by atoms with Gasteiger partial charge in [0.2, 0.25) is 0 Å². The third kappa shape index (κ3) is 4.70. The summed E-state index contributed by atoms with van der Waals surface area (Å²) in [5.74, 6) is 3.01. The summed E-state index contributed by atoms with van der Waals surface area (Å²) in [7, 11) is 0. The molecule has 35 heavy (non-hydrogen) atoms. The highest BCUT2D eigenvalue weighted by Crippen LogP contribution is 2.34. The van der Waals surface area contributed by atoms with E-state index >= 15 is 0 Å². The van der Waals surface area contributed by atoms with Crippen LogP contribution < -0.4 is 15.5 Å². The predicted molar refractivity (Wildman–Crippen MR) is 140 cm³/mol. The minimum absolute atomic E-state index is 0.158. The number of hydrogen-bond acceptors (Lipinski definition) is 6. The van der Waals surface area contributed by atoms with Crippen LogP contribution in [0.4, 0.5) is 15.6 Å². The van der Waals surface area contributed by atoms with Crippen molar-refractivity contribution in [3.63, 3.8) is 0 Å². The first kappa shape index (κ1) is 23.2. The van der Waals surface area contributed by atoms with Gasteiger partial charge in [0.05, 0.1) is 11.1 Å². The van der Waals surface area contributed by atoms with Gasteiger partial charge in [0.25, 0.3) is 0 Å². The maximum atomic E-state index is 13.0. The van der Waals surface area contributed by atoms with Crippen LogP contribution in [0, 0.1) is 12.3 Å². The number of fused-ring (bicyclic) bond motifs is 1. The molecular formula is C27H29N5O2S. The number of aromatic hydroxyl groups is 1. The molecule has 0 radical (unpaired) electrons. The molecule has 1 saturated heterocycles. The van der Waals surface area contributed by atoms with Crippen LogP contribution in [0.1, 0.15) is 29.3 Å². The number of piperazine rings is 1. The molecule has 2 aliphatic heterocycles. The third-order valence-corrected chi connectivity index (χ3v) is 7.69. The van der Waals surface area contributed by atoms with Crippen molar-refractivity contribution in [2.45, 2.75) is 25.3 Å². The van der Waals surface area contributed by atoms with E-state index in [0.29, 0.717) is 23.9 Å². The zero-order valence-electron chi connectivity index (χ0n) is 19.8. The Hall–Kier alpha value is -3.54. The first-order valence-corrected chi connectivity index (χ1v) is 12.7. The van der Waals surface area contributed by atoms with Crippen LogP contribution in [-0.2, 0) is 18.4 Å². The van der Waals surface area contributed by atoms with Gasteiger partial charge in [-0.1, -0.05) is 24.1 Å². The highest BCUT2D eigenvalue weighted by atomic mass is 32.1. The first-order valence-electron chi connectivity index (χ1n) is 11.8. The summed E-state index contributed by atoms with van der Waals surface area (Å²) in [5, 5.41) is 18.4. The molecule has 0 aliphatic carbocycles. The normalized spacial score (nSPS) is 17.3. The average Bonchev–Trinajstić information content (AvgIpc) is 3.37. The molecule has 2 aromatic carbocycles. The number of terminal acetylenes is 1. The van der Waals surface area contributed by atoms with E-state index in [1.54, 1.807) is 24.3 Å². The van der Waals surface area contributed by atoms with Crippen molar-refractivity contribution in [2.75, 3.05) is 42.9 Å². The largest absolute Gasteiger partial charge is 0.508 e. The van der Waals surface area contributed by atoms with E-state index in [1.165, 1.54) is 28.2 Å². The maximum Gasteiger partial charge on any atom is 0.323 e. The molecule has 8 heteroatoms. The number of amides is 2. The molecule has 0 unspecified atom stereocenters. The Morgan fingerprint density at radius 3 is 2.69 bits per heavy atom. The van der Waals surface area contributed by atoms with Gasteiger partial charge in [-0.2, -0.15) is 0 Å². The number of rotatable bonds is 4. The van der Waals surface area contributed by atoms with Crippen molar-refractivity contribution in [1.29, 1.82) is 0 Å². The molecule has 1 aromatic heterocycles. The molecular weight excluding hydrogens is 458 g/mol. The first-order chi connectivity index (χ1) is 17.0. The predicted octanol–water partition coefficient (Wildman–Crippen LogP) is 3.79. The fourth-order valence-corrected chi connectivity index (χ4v) is 5.47. The molecule has 7 nitrogen and oxygen atoms in total. The van der Waals surface area contributed by atoms with Gasteiger partial charge < -0.3 is 20.2 Å². The van der Waals surface area contributed by atoms with Crippen LogP contribution in [-0.4, -0.2) is 53.7 Å². The molecule has 2 amide bonds. The van der Waals surface area contributed by atoms with Crippen molar-refractivity contribution >= 4 is 28.2 Å². The number of benzene rings is 2. The molecule has 2 aliphatic rings. The van der Waals surface area contributed by atoms with E-state index in [-0.39, 0.29) is 11.8 Å². The van der Waals surface area contributed by atoms with Gasteiger partial charge in [-0.25, -0.2) is 9.78 Å². The van der Waals surface area contributed by atoms with E-state index in [1.807, 2.05) is 17.2 Å². The molecule has 0 spiro atoms. The quantitative estimate of drug-likeness (QED) is 0.488. The van der Waals surface area contributed by atoms with Crippen LogP contribution in [0.15, 0.2) is 47.8 Å². The number of anilines is 2. The summed E-state index contributed by atoms with van der Waals surface area (Å²) < 4.78 is 0. The molecule has 3 aromatic rings. The number of nitrogens with zero attached hydrogens (tertiary/aromatic N) is 3. The fraction of sp³-hybridized carbons (Fsp3) is 0.333. The Morgan fingerprint density at radius 1 is 1.17 bits per heavy atom. The maximum absolute atomic E-state index is 13.0. The lowest BCUT2D eigenvalue weighted by atomic mass is 9.81. The molecule has 1 fully saturated rings. The van der Waals surface area contributed by atoms with E-state index < -0.39 is 5.41 Å². The highest BCUT2D eigenvalue weighted by Gasteiger charge is 2.30. The van der Waals surface area contributed by atoms with Crippen molar-refractivity contribution in [1.82, 2.24) is 15.2 Å². The second kappa shape index (κ2) is 9.61. The lowest BCUT2D eigenvalue weighted by molar-refractivity contribution is 0.206. The van der Waals surface area contributed by atoms with Gasteiger partial charge >= 0.3 is 6.03 Å². The van der Waals surface area contributed by atoms with Gasteiger partial charge in [0.1, 0.15) is 5.75 Å². The Morgan fingerprint density at radius 2 is 1.94 bits per heavy atom. The van der Waals surface area contributed by atoms with Gasteiger partial charge in [0, 0.05) is 50.3 Å². The van der Waals surface area contributed by atoms with E-state index in [0.717, 1.165) is 38.2 Å². The van der Waals surface area contributed by atoms with E-state index in [2.05, 4.69) is 44.6 Å². The number of phenols is 1. The number of aromatic nitrogens is 1. The molecule has 1 atom stereocenters. The zero-order valence-corrected chi connectivity index (χ0v) is 20.6. The van der Waals surface area contributed by atoms with Crippen molar-refractivity contribution in [3.05, 3.63) is 70.2 Å². The van der Waals surface area contributed by atoms with Crippen LogP contribution in [0.2, 0.25) is 0 Å². The number of phenolic OH excluding ortho intramolecular Hbond substituents is 1. The van der Waals surface area contributed by atoms with Gasteiger partial charge in [0.15, 0.2) is 5.13 Å². The minimum Gasteiger partial charge on any atom is -0.508 e. The van der Waals surface area contributed by atoms with Crippen molar-refractivity contribution in [3.8, 4) is 18.1 Å². The average molecular weight is 488 g/mol. The lowest BCUT2D eigenvalue weighted by Gasteiger charge is -2.32. The smallest absolute Gasteiger partial charge is 0.323 e. The second-order valence-corrected chi connectivity index (χ2v) is 10.0. The number of thiazole rings is 1. The van der Waals surface area contributed by atoms with Gasteiger partial charge in [-0.15, -0.1) is 17.8 Å². The minimum atomic E-state index is -0.765. The fourth-order valence-electron chi connectivity index (χ4n) is 4.66.